The van der Waals surface area contributed by atoms with Crippen LogP contribution >= 0.6 is 0 Å². The molecule has 0 aromatic rings. The molecule has 0 aromatic carbocycles. The Hall–Kier alpha value is -0.830. The van der Waals surface area contributed by atoms with Crippen LogP contribution in [-0.4, -0.2) is 36.9 Å². The second kappa shape index (κ2) is 10.1. The van der Waals surface area contributed by atoms with Gasteiger partial charge in [0.1, 0.15) is 0 Å². The third-order valence-electron chi connectivity index (χ3n) is 3.35. The largest absolute Gasteiger partial charge is 0.357 e. The number of nitrogens with zero attached hydrogens (tertiary/aromatic N) is 2. The first-order valence-corrected chi connectivity index (χ1v) is 7.51. The molecule has 0 spiro atoms. The third kappa shape index (κ3) is 6.20. The maximum absolute atomic E-state index is 5.59. The van der Waals surface area contributed by atoms with E-state index in [9.17, 15) is 0 Å². The van der Waals surface area contributed by atoms with E-state index in [1.165, 1.54) is 37.9 Å². The molecular formula is C15H29N3. The van der Waals surface area contributed by atoms with Gasteiger partial charge in [-0.15, -0.1) is 0 Å². The van der Waals surface area contributed by atoms with E-state index in [0.717, 1.165) is 39.0 Å². The molecule has 18 heavy (non-hydrogen) atoms. The van der Waals surface area contributed by atoms with Gasteiger partial charge in [-0.25, -0.2) is 0 Å². The van der Waals surface area contributed by atoms with Crippen LogP contribution in [0.25, 0.3) is 0 Å². The van der Waals surface area contributed by atoms with Gasteiger partial charge >= 0.3 is 0 Å². The molecule has 0 radical (unpaired) electrons. The fourth-order valence-corrected chi connectivity index (χ4v) is 2.30. The van der Waals surface area contributed by atoms with Gasteiger partial charge in [0.15, 0.2) is 0 Å². The number of rotatable bonds is 10. The van der Waals surface area contributed by atoms with Crippen LogP contribution in [0.15, 0.2) is 17.1 Å². The quantitative estimate of drug-likeness (QED) is 0.479. The van der Waals surface area contributed by atoms with Crippen molar-refractivity contribution >= 4 is 5.84 Å². The number of allylic oxidation sites excluding steroid dienone is 2. The Kier molecular flexibility index (Phi) is 8.57. The lowest BCUT2D eigenvalue weighted by Gasteiger charge is -2.18. The second-order valence-electron chi connectivity index (χ2n) is 4.93. The summed E-state index contributed by atoms with van der Waals surface area (Å²) in [6.45, 7) is 5.96. The van der Waals surface area contributed by atoms with Crippen molar-refractivity contribution in [3.8, 4) is 0 Å². The Morgan fingerprint density at radius 3 is 2.83 bits per heavy atom. The standard InChI is InChI=1S/C15H29N3/c1-2-3-4-5-6-7-8-9-10-15-17-12-14-18(15)13-11-16/h7-8H,2-6,9-14,16H2,1H3/b8-7+. The SMILES string of the molecule is CCCCCC/C=C/CCC1=NCCN1CCN. The minimum absolute atomic E-state index is 0.728. The summed E-state index contributed by atoms with van der Waals surface area (Å²) in [5, 5.41) is 0. The maximum atomic E-state index is 5.59. The Morgan fingerprint density at radius 2 is 2.06 bits per heavy atom. The van der Waals surface area contributed by atoms with Gasteiger partial charge in [-0.3, -0.25) is 4.99 Å². The van der Waals surface area contributed by atoms with Gasteiger partial charge in [0.05, 0.1) is 12.4 Å². The first-order valence-electron chi connectivity index (χ1n) is 7.51. The number of nitrogens with two attached hydrogens (primary N) is 1. The predicted molar refractivity (Wildman–Crippen MR) is 80.1 cm³/mol. The number of hydrogen-bond acceptors (Lipinski definition) is 3. The average Bonchev–Trinajstić information content (AvgIpc) is 2.81. The van der Waals surface area contributed by atoms with E-state index in [1.54, 1.807) is 0 Å². The van der Waals surface area contributed by atoms with Gasteiger partial charge in [0.25, 0.3) is 0 Å². The van der Waals surface area contributed by atoms with E-state index in [4.69, 9.17) is 5.73 Å². The first kappa shape index (κ1) is 15.2. The highest BCUT2D eigenvalue weighted by Gasteiger charge is 2.14. The summed E-state index contributed by atoms with van der Waals surface area (Å²) in [6.07, 6.45) is 13.5. The van der Waals surface area contributed by atoms with Gasteiger partial charge in [0.2, 0.25) is 0 Å². The molecule has 0 amide bonds. The summed E-state index contributed by atoms with van der Waals surface area (Å²) in [5.74, 6) is 1.26. The third-order valence-corrected chi connectivity index (χ3v) is 3.35. The molecular weight excluding hydrogens is 222 g/mol. The van der Waals surface area contributed by atoms with Crippen molar-refractivity contribution in [2.24, 2.45) is 10.7 Å². The van der Waals surface area contributed by atoms with Gasteiger partial charge in [0, 0.05) is 26.1 Å². The summed E-state index contributed by atoms with van der Waals surface area (Å²) < 4.78 is 0. The van der Waals surface area contributed by atoms with Gasteiger partial charge < -0.3 is 10.6 Å². The Labute approximate surface area is 112 Å². The van der Waals surface area contributed by atoms with Crippen LogP contribution in [0, 0.1) is 0 Å². The zero-order valence-electron chi connectivity index (χ0n) is 11.9. The lowest BCUT2D eigenvalue weighted by Crippen LogP contribution is -2.32. The Balaban J connectivity index is 2.04. The van der Waals surface area contributed by atoms with Crippen LogP contribution in [0.4, 0.5) is 0 Å². The molecule has 0 saturated heterocycles. The molecule has 2 N–H and O–H groups in total. The maximum Gasteiger partial charge on any atom is 0.0993 e. The predicted octanol–water partition coefficient (Wildman–Crippen LogP) is 2.97. The molecule has 1 rings (SSSR count). The average molecular weight is 251 g/mol. The van der Waals surface area contributed by atoms with E-state index < -0.39 is 0 Å². The van der Waals surface area contributed by atoms with Crippen LogP contribution in [0.3, 0.4) is 0 Å². The van der Waals surface area contributed by atoms with Gasteiger partial charge in [-0.2, -0.15) is 0 Å². The molecule has 1 heterocycles. The molecule has 3 heteroatoms. The highest BCUT2D eigenvalue weighted by Crippen LogP contribution is 2.08. The fourth-order valence-electron chi connectivity index (χ4n) is 2.30. The van der Waals surface area contributed by atoms with Crippen molar-refractivity contribution in [1.29, 1.82) is 0 Å². The summed E-state index contributed by atoms with van der Waals surface area (Å²) in [4.78, 5) is 6.88. The van der Waals surface area contributed by atoms with Crippen molar-refractivity contribution in [1.82, 2.24) is 4.90 Å². The van der Waals surface area contributed by atoms with Crippen LogP contribution in [0.2, 0.25) is 0 Å². The smallest absolute Gasteiger partial charge is 0.0993 e. The zero-order valence-corrected chi connectivity index (χ0v) is 11.9. The van der Waals surface area contributed by atoms with Gasteiger partial charge in [-0.05, 0) is 19.3 Å². The topological polar surface area (TPSA) is 41.6 Å². The molecule has 0 saturated carbocycles. The molecule has 0 aromatic heterocycles. The Bertz CT molecular complexity index is 258. The summed E-state index contributed by atoms with van der Waals surface area (Å²) in [6, 6.07) is 0. The van der Waals surface area contributed by atoms with Crippen LogP contribution in [-0.2, 0) is 0 Å². The highest BCUT2D eigenvalue weighted by molar-refractivity contribution is 5.83. The second-order valence-corrected chi connectivity index (χ2v) is 4.93. The van der Waals surface area contributed by atoms with Crippen LogP contribution < -0.4 is 5.73 Å². The summed E-state index contributed by atoms with van der Waals surface area (Å²) in [7, 11) is 0. The van der Waals surface area contributed by atoms with Crippen molar-refractivity contribution in [2.75, 3.05) is 26.2 Å². The van der Waals surface area contributed by atoms with E-state index in [2.05, 4.69) is 29.0 Å². The lowest BCUT2D eigenvalue weighted by molar-refractivity contribution is 0.459. The minimum Gasteiger partial charge on any atom is -0.357 e. The van der Waals surface area contributed by atoms with E-state index in [-0.39, 0.29) is 0 Å². The molecule has 0 atom stereocenters. The van der Waals surface area contributed by atoms with E-state index >= 15 is 0 Å². The number of amidine groups is 1. The summed E-state index contributed by atoms with van der Waals surface area (Å²) >= 11 is 0. The molecule has 0 aliphatic carbocycles. The van der Waals surface area contributed by atoms with Crippen molar-refractivity contribution in [3.05, 3.63) is 12.2 Å². The molecule has 0 fully saturated rings. The lowest BCUT2D eigenvalue weighted by atomic mass is 10.1. The van der Waals surface area contributed by atoms with Crippen molar-refractivity contribution in [3.63, 3.8) is 0 Å². The number of unbranched alkanes of at least 4 members (excludes halogenated alkanes) is 4. The van der Waals surface area contributed by atoms with E-state index in [1.807, 2.05) is 0 Å². The molecule has 1 aliphatic heterocycles. The van der Waals surface area contributed by atoms with Crippen molar-refractivity contribution < 1.29 is 0 Å². The molecule has 0 bridgehead atoms. The molecule has 104 valence electrons. The molecule has 0 unspecified atom stereocenters. The van der Waals surface area contributed by atoms with Gasteiger partial charge in [-0.1, -0.05) is 38.3 Å². The zero-order chi connectivity index (χ0) is 13.1. The van der Waals surface area contributed by atoms with Crippen LogP contribution in [0.1, 0.15) is 51.9 Å². The number of hydrogen-bond donors (Lipinski definition) is 1. The normalized spacial score (nSPS) is 15.7. The van der Waals surface area contributed by atoms with Crippen LogP contribution in [0.5, 0.6) is 0 Å². The van der Waals surface area contributed by atoms with E-state index in [0.29, 0.717) is 0 Å². The first-order chi connectivity index (χ1) is 8.88. The fraction of sp³-hybridized carbons (Fsp3) is 0.800. The Morgan fingerprint density at radius 1 is 1.22 bits per heavy atom. The minimum atomic E-state index is 0.728. The van der Waals surface area contributed by atoms with Crippen molar-refractivity contribution in [2.45, 2.75) is 51.9 Å². The highest BCUT2D eigenvalue weighted by atomic mass is 15.2. The number of aliphatic imine (C=N–C) groups is 1. The summed E-state index contributed by atoms with van der Waals surface area (Å²) in [5.41, 5.74) is 5.59. The monoisotopic (exact) mass is 251 g/mol. The molecule has 3 nitrogen and oxygen atoms in total. The molecule has 1 aliphatic rings.